The van der Waals surface area contributed by atoms with Crippen molar-refractivity contribution in [2.75, 3.05) is 0 Å². The van der Waals surface area contributed by atoms with E-state index >= 15 is 0 Å². The molecule has 1 aromatic rings. The van der Waals surface area contributed by atoms with Crippen LogP contribution in [-0.4, -0.2) is 11.2 Å². The normalized spacial score (nSPS) is 20.1. The molecule has 1 saturated carbocycles. The molecular formula is C14H17BrF3NO. The first kappa shape index (κ1) is 15.8. The molecule has 0 saturated heterocycles. The minimum absolute atomic E-state index is 0.0754. The predicted molar refractivity (Wildman–Crippen MR) is 74.0 cm³/mol. The number of alkyl halides is 3. The number of hydrogen-bond acceptors (Lipinski definition) is 2. The van der Waals surface area contributed by atoms with Crippen LogP contribution in [-0.2, 0) is 6.18 Å². The van der Waals surface area contributed by atoms with Gasteiger partial charge in [-0.2, -0.15) is 13.2 Å². The highest BCUT2D eigenvalue weighted by Crippen LogP contribution is 2.37. The van der Waals surface area contributed by atoms with Crippen LogP contribution in [0.15, 0.2) is 22.7 Å². The lowest BCUT2D eigenvalue weighted by molar-refractivity contribution is -0.137. The maximum absolute atomic E-state index is 12.7. The highest BCUT2D eigenvalue weighted by Gasteiger charge is 2.34. The van der Waals surface area contributed by atoms with E-state index in [1.165, 1.54) is 6.07 Å². The second-order valence-electron chi connectivity index (χ2n) is 5.29. The average Bonchev–Trinajstić information content (AvgIpc) is 2.90. The largest absolute Gasteiger partial charge is 0.416 e. The number of aliphatic hydroxyl groups excluding tert-OH is 1. The Hall–Kier alpha value is -0.590. The third kappa shape index (κ3) is 3.35. The summed E-state index contributed by atoms with van der Waals surface area (Å²) in [6, 6.07) is 2.55. The Kier molecular flexibility index (Phi) is 4.76. The van der Waals surface area contributed by atoms with Crippen molar-refractivity contribution in [2.45, 2.75) is 44.0 Å². The average molecular weight is 352 g/mol. The van der Waals surface area contributed by atoms with Crippen LogP contribution in [0.5, 0.6) is 0 Å². The molecule has 6 heteroatoms. The highest BCUT2D eigenvalue weighted by atomic mass is 79.9. The van der Waals surface area contributed by atoms with Gasteiger partial charge in [-0.05, 0) is 42.5 Å². The first-order chi connectivity index (χ1) is 9.30. The van der Waals surface area contributed by atoms with Gasteiger partial charge in [-0.1, -0.05) is 28.8 Å². The topological polar surface area (TPSA) is 46.2 Å². The minimum Gasteiger partial charge on any atom is -0.391 e. The lowest BCUT2D eigenvalue weighted by Crippen LogP contribution is -2.32. The van der Waals surface area contributed by atoms with Gasteiger partial charge in [0.25, 0.3) is 0 Å². The van der Waals surface area contributed by atoms with E-state index in [0.29, 0.717) is 10.0 Å². The van der Waals surface area contributed by atoms with Gasteiger partial charge in [-0.3, -0.25) is 0 Å². The molecule has 2 rings (SSSR count). The summed E-state index contributed by atoms with van der Waals surface area (Å²) in [5, 5.41) is 10.3. The minimum atomic E-state index is -4.41. The van der Waals surface area contributed by atoms with E-state index in [2.05, 4.69) is 15.9 Å². The number of aliphatic hydroxyl groups is 1. The molecule has 0 bridgehead atoms. The Morgan fingerprint density at radius 3 is 2.40 bits per heavy atom. The SMILES string of the molecule is N[C@@H](c1cc(C(F)(F)F)ccc1Br)[C@H](O)C1CCCC1. The van der Waals surface area contributed by atoms with Crippen molar-refractivity contribution in [1.82, 2.24) is 0 Å². The van der Waals surface area contributed by atoms with Crippen molar-refractivity contribution in [1.29, 1.82) is 0 Å². The fraction of sp³-hybridized carbons (Fsp3) is 0.571. The molecule has 0 aromatic heterocycles. The van der Waals surface area contributed by atoms with E-state index in [0.717, 1.165) is 37.8 Å². The molecule has 3 N–H and O–H groups in total. The van der Waals surface area contributed by atoms with Gasteiger partial charge in [0.05, 0.1) is 17.7 Å². The van der Waals surface area contributed by atoms with Crippen LogP contribution in [0.25, 0.3) is 0 Å². The van der Waals surface area contributed by atoms with Gasteiger partial charge in [0.15, 0.2) is 0 Å². The van der Waals surface area contributed by atoms with Gasteiger partial charge in [0.1, 0.15) is 0 Å². The van der Waals surface area contributed by atoms with Crippen LogP contribution in [0.4, 0.5) is 13.2 Å². The Morgan fingerprint density at radius 2 is 1.85 bits per heavy atom. The van der Waals surface area contributed by atoms with E-state index in [4.69, 9.17) is 5.73 Å². The Morgan fingerprint density at radius 1 is 1.25 bits per heavy atom. The summed E-state index contributed by atoms with van der Waals surface area (Å²) in [6.07, 6.45) is -1.38. The Bertz CT molecular complexity index is 472. The standard InChI is InChI=1S/C14H17BrF3NO/c15-11-6-5-9(14(16,17)18)7-10(11)12(19)13(20)8-3-1-2-4-8/h5-8,12-13,20H,1-4,19H2/t12-,13+/m0/s1. The van der Waals surface area contributed by atoms with Crippen molar-refractivity contribution in [3.05, 3.63) is 33.8 Å². The molecule has 1 aromatic carbocycles. The van der Waals surface area contributed by atoms with Crippen LogP contribution in [0.2, 0.25) is 0 Å². The van der Waals surface area contributed by atoms with Crippen LogP contribution < -0.4 is 5.73 Å². The van der Waals surface area contributed by atoms with E-state index in [-0.39, 0.29) is 5.92 Å². The van der Waals surface area contributed by atoms with Crippen LogP contribution in [0.1, 0.15) is 42.9 Å². The number of rotatable bonds is 3. The van der Waals surface area contributed by atoms with Crippen molar-refractivity contribution in [3.8, 4) is 0 Å². The maximum atomic E-state index is 12.7. The second-order valence-corrected chi connectivity index (χ2v) is 6.15. The zero-order valence-electron chi connectivity index (χ0n) is 10.8. The second kappa shape index (κ2) is 6.03. The first-order valence-corrected chi connectivity index (χ1v) is 7.40. The van der Waals surface area contributed by atoms with E-state index in [1.807, 2.05) is 0 Å². The molecule has 1 fully saturated rings. The van der Waals surface area contributed by atoms with Gasteiger partial charge in [-0.25, -0.2) is 0 Å². The van der Waals surface area contributed by atoms with Gasteiger partial charge < -0.3 is 10.8 Å². The molecule has 1 aliphatic rings. The molecule has 0 unspecified atom stereocenters. The Labute approximate surface area is 124 Å². The van der Waals surface area contributed by atoms with E-state index < -0.39 is 23.9 Å². The molecule has 2 atom stereocenters. The van der Waals surface area contributed by atoms with Gasteiger partial charge >= 0.3 is 6.18 Å². The summed E-state index contributed by atoms with van der Waals surface area (Å²) < 4.78 is 38.7. The monoisotopic (exact) mass is 351 g/mol. The van der Waals surface area contributed by atoms with Crippen molar-refractivity contribution in [3.63, 3.8) is 0 Å². The summed E-state index contributed by atoms with van der Waals surface area (Å²) in [7, 11) is 0. The molecule has 0 spiro atoms. The molecule has 0 aliphatic heterocycles. The fourth-order valence-electron chi connectivity index (χ4n) is 2.75. The predicted octanol–water partition coefficient (Wildman–Crippen LogP) is 4.02. The first-order valence-electron chi connectivity index (χ1n) is 6.61. The molecule has 20 heavy (non-hydrogen) atoms. The summed E-state index contributed by atoms with van der Waals surface area (Å²) in [5.41, 5.74) is 5.54. The van der Waals surface area contributed by atoms with E-state index in [9.17, 15) is 18.3 Å². The zero-order valence-corrected chi connectivity index (χ0v) is 12.4. The van der Waals surface area contributed by atoms with Crippen LogP contribution >= 0.6 is 15.9 Å². The zero-order chi connectivity index (χ0) is 14.9. The quantitative estimate of drug-likeness (QED) is 0.863. The number of hydrogen-bond donors (Lipinski definition) is 2. The molecule has 2 nitrogen and oxygen atoms in total. The summed E-state index contributed by atoms with van der Waals surface area (Å²) in [6.45, 7) is 0. The highest BCUT2D eigenvalue weighted by molar-refractivity contribution is 9.10. The number of nitrogens with two attached hydrogens (primary N) is 1. The molecule has 0 radical (unpaired) electrons. The maximum Gasteiger partial charge on any atom is 0.416 e. The van der Waals surface area contributed by atoms with Crippen molar-refractivity contribution in [2.24, 2.45) is 11.7 Å². The number of halogens is 4. The molecule has 1 aliphatic carbocycles. The lowest BCUT2D eigenvalue weighted by atomic mass is 9.90. The summed E-state index contributed by atoms with van der Waals surface area (Å²) in [4.78, 5) is 0. The van der Waals surface area contributed by atoms with Crippen molar-refractivity contribution < 1.29 is 18.3 Å². The van der Waals surface area contributed by atoms with Gasteiger partial charge in [0, 0.05) is 4.47 Å². The summed E-state index contributed by atoms with van der Waals surface area (Å²) >= 11 is 3.22. The fourth-order valence-corrected chi connectivity index (χ4v) is 3.26. The smallest absolute Gasteiger partial charge is 0.391 e. The van der Waals surface area contributed by atoms with Crippen molar-refractivity contribution >= 4 is 15.9 Å². The van der Waals surface area contributed by atoms with E-state index in [1.54, 1.807) is 0 Å². The van der Waals surface area contributed by atoms with Crippen LogP contribution in [0, 0.1) is 5.92 Å². The molecular weight excluding hydrogens is 335 g/mol. The third-order valence-corrected chi connectivity index (χ3v) is 4.66. The Balaban J connectivity index is 2.26. The van der Waals surface area contributed by atoms with Gasteiger partial charge in [0.2, 0.25) is 0 Å². The molecule has 0 heterocycles. The summed E-state index contributed by atoms with van der Waals surface area (Å²) in [5.74, 6) is 0.0754. The lowest BCUT2D eigenvalue weighted by Gasteiger charge is -2.26. The molecule has 0 amide bonds. The third-order valence-electron chi connectivity index (χ3n) is 3.93. The molecule has 112 valence electrons. The van der Waals surface area contributed by atoms with Gasteiger partial charge in [-0.15, -0.1) is 0 Å². The number of benzene rings is 1. The van der Waals surface area contributed by atoms with Crippen LogP contribution in [0.3, 0.4) is 0 Å².